The van der Waals surface area contributed by atoms with Gasteiger partial charge in [-0.25, -0.2) is 4.79 Å². The molecule has 1 saturated heterocycles. The highest BCUT2D eigenvalue weighted by Gasteiger charge is 2.24. The molecule has 116 valence electrons. The van der Waals surface area contributed by atoms with Crippen molar-refractivity contribution >= 4 is 12.0 Å². The van der Waals surface area contributed by atoms with Gasteiger partial charge in [0.15, 0.2) is 0 Å². The molecule has 1 aliphatic rings. The number of nitrogens with one attached hydrogen (secondary N) is 2. The first kappa shape index (κ1) is 16.8. The lowest BCUT2D eigenvalue weighted by molar-refractivity contribution is -0.137. The lowest BCUT2D eigenvalue weighted by Gasteiger charge is -2.31. The molecule has 2 atom stereocenters. The van der Waals surface area contributed by atoms with Crippen LogP contribution in [0.2, 0.25) is 0 Å². The van der Waals surface area contributed by atoms with Crippen LogP contribution in [0.4, 0.5) is 4.79 Å². The molecule has 6 heteroatoms. The van der Waals surface area contributed by atoms with Crippen LogP contribution in [0.5, 0.6) is 0 Å². The monoisotopic (exact) mass is 286 g/mol. The fourth-order valence-corrected chi connectivity index (χ4v) is 2.38. The second-order valence-corrected chi connectivity index (χ2v) is 5.74. The van der Waals surface area contributed by atoms with E-state index in [4.69, 9.17) is 9.84 Å². The summed E-state index contributed by atoms with van der Waals surface area (Å²) < 4.78 is 5.69. The summed E-state index contributed by atoms with van der Waals surface area (Å²) >= 11 is 0. The van der Waals surface area contributed by atoms with Crippen LogP contribution in [-0.4, -0.2) is 42.4 Å². The molecule has 0 spiro atoms. The van der Waals surface area contributed by atoms with Crippen LogP contribution in [-0.2, 0) is 9.53 Å². The van der Waals surface area contributed by atoms with Crippen molar-refractivity contribution in [1.29, 1.82) is 0 Å². The maximum absolute atomic E-state index is 11.7. The summed E-state index contributed by atoms with van der Waals surface area (Å²) in [5, 5.41) is 14.1. The first-order chi connectivity index (χ1) is 9.47. The van der Waals surface area contributed by atoms with Crippen molar-refractivity contribution in [3.05, 3.63) is 0 Å². The van der Waals surface area contributed by atoms with Crippen molar-refractivity contribution in [1.82, 2.24) is 10.6 Å². The number of aliphatic carboxylic acids is 1. The number of hydrogen-bond donors (Lipinski definition) is 3. The van der Waals surface area contributed by atoms with Crippen LogP contribution in [0, 0.1) is 5.92 Å². The summed E-state index contributed by atoms with van der Waals surface area (Å²) in [4.78, 5) is 22.0. The van der Waals surface area contributed by atoms with Crippen LogP contribution < -0.4 is 10.6 Å². The van der Waals surface area contributed by atoms with Crippen molar-refractivity contribution < 1.29 is 19.4 Å². The predicted molar refractivity (Wildman–Crippen MR) is 75.6 cm³/mol. The third kappa shape index (κ3) is 7.33. The molecule has 3 N–H and O–H groups in total. The average Bonchev–Trinajstić information content (AvgIpc) is 2.34. The summed E-state index contributed by atoms with van der Waals surface area (Å²) in [6, 6.07) is -0.0717. The normalized spacial score (nSPS) is 22.6. The third-order valence-electron chi connectivity index (χ3n) is 3.29. The lowest BCUT2D eigenvalue weighted by Crippen LogP contribution is -2.46. The maximum Gasteiger partial charge on any atom is 0.315 e. The van der Waals surface area contributed by atoms with E-state index < -0.39 is 5.97 Å². The molecule has 0 bridgehead atoms. The second-order valence-electron chi connectivity index (χ2n) is 5.74. The Morgan fingerprint density at radius 2 is 2.15 bits per heavy atom. The Bertz CT molecular complexity index is 320. The zero-order valence-corrected chi connectivity index (χ0v) is 12.4. The molecule has 6 nitrogen and oxygen atoms in total. The van der Waals surface area contributed by atoms with Crippen molar-refractivity contribution in [3.8, 4) is 0 Å². The van der Waals surface area contributed by atoms with Gasteiger partial charge in [-0.05, 0) is 31.6 Å². The minimum atomic E-state index is -0.840. The minimum absolute atomic E-state index is 0.0774. The molecule has 1 fully saturated rings. The Hall–Kier alpha value is -1.30. The van der Waals surface area contributed by atoms with Crippen molar-refractivity contribution in [2.75, 3.05) is 13.2 Å². The number of carbonyl (C=O) groups excluding carboxylic acids is 1. The van der Waals surface area contributed by atoms with E-state index in [1.54, 1.807) is 0 Å². The van der Waals surface area contributed by atoms with E-state index in [0.717, 1.165) is 19.3 Å². The summed E-state index contributed by atoms with van der Waals surface area (Å²) in [6.07, 6.45) is 3.44. The second kappa shape index (κ2) is 8.79. The number of carboxylic acid groups (broad SMARTS) is 1. The number of hydrogen-bond acceptors (Lipinski definition) is 3. The molecule has 20 heavy (non-hydrogen) atoms. The van der Waals surface area contributed by atoms with Gasteiger partial charge in [0, 0.05) is 25.6 Å². The predicted octanol–water partition coefficient (Wildman–Crippen LogP) is 1.74. The van der Waals surface area contributed by atoms with Gasteiger partial charge in [0.1, 0.15) is 0 Å². The topological polar surface area (TPSA) is 87.7 Å². The van der Waals surface area contributed by atoms with E-state index in [1.807, 2.05) is 0 Å². The molecule has 2 amide bonds. The first-order valence-electron chi connectivity index (χ1n) is 7.35. The largest absolute Gasteiger partial charge is 0.481 e. The molecule has 0 saturated carbocycles. The van der Waals surface area contributed by atoms with Gasteiger partial charge >= 0.3 is 12.0 Å². The van der Waals surface area contributed by atoms with Crippen molar-refractivity contribution in [3.63, 3.8) is 0 Å². The summed E-state index contributed by atoms with van der Waals surface area (Å²) in [5.41, 5.74) is 0. The molecule has 0 aromatic rings. The number of ether oxygens (including phenoxy) is 1. The Kier molecular flexibility index (Phi) is 7.36. The van der Waals surface area contributed by atoms with Gasteiger partial charge in [-0.2, -0.15) is 0 Å². The molecule has 1 heterocycles. The van der Waals surface area contributed by atoms with E-state index in [0.29, 0.717) is 25.5 Å². The van der Waals surface area contributed by atoms with Gasteiger partial charge in [-0.15, -0.1) is 0 Å². The highest BCUT2D eigenvalue weighted by atomic mass is 16.5. The molecule has 2 unspecified atom stereocenters. The number of carbonyl (C=O) groups is 2. The number of amides is 2. The molecule has 0 aromatic carbocycles. The van der Waals surface area contributed by atoms with Gasteiger partial charge in [0.25, 0.3) is 0 Å². The van der Waals surface area contributed by atoms with Gasteiger partial charge in [0.05, 0.1) is 6.10 Å². The zero-order chi connectivity index (χ0) is 15.0. The van der Waals surface area contributed by atoms with E-state index >= 15 is 0 Å². The Balaban J connectivity index is 2.18. The summed E-state index contributed by atoms with van der Waals surface area (Å²) in [5.74, 6) is -0.253. The van der Waals surface area contributed by atoms with Crippen LogP contribution >= 0.6 is 0 Å². The van der Waals surface area contributed by atoms with Crippen molar-refractivity contribution in [2.24, 2.45) is 5.92 Å². The SMILES string of the molecule is CC(C)CC1CC(NC(=O)NCCCC(=O)O)CCO1. The summed E-state index contributed by atoms with van der Waals surface area (Å²) in [6.45, 7) is 5.39. The highest BCUT2D eigenvalue weighted by Crippen LogP contribution is 2.19. The average molecular weight is 286 g/mol. The number of urea groups is 1. The molecule has 1 aliphatic heterocycles. The molecule has 0 aromatic heterocycles. The quantitative estimate of drug-likeness (QED) is 0.622. The summed E-state index contributed by atoms with van der Waals surface area (Å²) in [7, 11) is 0. The Morgan fingerprint density at radius 3 is 2.80 bits per heavy atom. The van der Waals surface area contributed by atoms with Gasteiger partial charge < -0.3 is 20.5 Å². The van der Waals surface area contributed by atoms with Crippen LogP contribution in [0.1, 0.15) is 46.0 Å². The molecule has 1 rings (SSSR count). The Labute approximate surface area is 120 Å². The standard InChI is InChI=1S/C14H26N2O4/c1-10(2)8-12-9-11(5-7-20-12)16-14(19)15-6-3-4-13(17)18/h10-12H,3-9H2,1-2H3,(H,17,18)(H2,15,16,19). The van der Waals surface area contributed by atoms with E-state index in [-0.39, 0.29) is 24.6 Å². The van der Waals surface area contributed by atoms with E-state index in [2.05, 4.69) is 24.5 Å². The Morgan fingerprint density at radius 1 is 1.40 bits per heavy atom. The fourth-order valence-electron chi connectivity index (χ4n) is 2.38. The van der Waals surface area contributed by atoms with E-state index in [1.165, 1.54) is 0 Å². The van der Waals surface area contributed by atoms with Crippen LogP contribution in [0.25, 0.3) is 0 Å². The van der Waals surface area contributed by atoms with Gasteiger partial charge in [-0.1, -0.05) is 13.8 Å². The molecular weight excluding hydrogens is 260 g/mol. The maximum atomic E-state index is 11.7. The zero-order valence-electron chi connectivity index (χ0n) is 12.4. The third-order valence-corrected chi connectivity index (χ3v) is 3.29. The van der Waals surface area contributed by atoms with Gasteiger partial charge in [-0.3, -0.25) is 4.79 Å². The molecular formula is C14H26N2O4. The van der Waals surface area contributed by atoms with Crippen molar-refractivity contribution in [2.45, 2.75) is 58.1 Å². The van der Waals surface area contributed by atoms with Crippen LogP contribution in [0.15, 0.2) is 0 Å². The minimum Gasteiger partial charge on any atom is -0.481 e. The smallest absolute Gasteiger partial charge is 0.315 e. The first-order valence-corrected chi connectivity index (χ1v) is 7.35. The number of carboxylic acids is 1. The molecule has 0 radical (unpaired) electrons. The fraction of sp³-hybridized carbons (Fsp3) is 0.857. The number of rotatable bonds is 7. The van der Waals surface area contributed by atoms with Crippen LogP contribution in [0.3, 0.4) is 0 Å². The molecule has 0 aliphatic carbocycles. The van der Waals surface area contributed by atoms with E-state index in [9.17, 15) is 9.59 Å². The lowest BCUT2D eigenvalue weighted by atomic mass is 9.96. The highest BCUT2D eigenvalue weighted by molar-refractivity contribution is 5.74. The van der Waals surface area contributed by atoms with Gasteiger partial charge in [0.2, 0.25) is 0 Å².